The molecule has 0 bridgehead atoms. The van der Waals surface area contributed by atoms with E-state index in [1.54, 1.807) is 6.20 Å². The topological polar surface area (TPSA) is 33.1 Å². The molecule has 2 rings (SSSR count). The summed E-state index contributed by atoms with van der Waals surface area (Å²) in [6.07, 6.45) is 1.25. The number of rotatable bonds is 3. The number of aryl methyl sites for hydroxylation is 1. The fraction of sp³-hybridized carbons (Fsp3) is 0.312. The van der Waals surface area contributed by atoms with Gasteiger partial charge >= 0.3 is 0 Å². The molecule has 0 amide bonds. The normalized spacial score (nSPS) is 14.2. The molecule has 0 radical (unpaired) electrons. The Bertz CT molecular complexity index is 522. The molecule has 0 aliphatic rings. The first-order valence-corrected chi connectivity index (χ1v) is 6.26. The second kappa shape index (κ2) is 5.32. The van der Waals surface area contributed by atoms with Crippen molar-refractivity contribution in [1.82, 2.24) is 4.98 Å². The largest absolute Gasteiger partial charge is 0.388 e. The molecule has 0 spiro atoms. The molecule has 2 heteroatoms. The van der Waals surface area contributed by atoms with Gasteiger partial charge in [0.25, 0.3) is 0 Å². The minimum Gasteiger partial charge on any atom is -0.388 e. The average Bonchev–Trinajstić information content (AvgIpc) is 2.41. The lowest BCUT2D eigenvalue weighted by Crippen LogP contribution is -2.10. The summed E-state index contributed by atoms with van der Waals surface area (Å²) in [5.74, 6) is -0.00769. The maximum atomic E-state index is 10.5. The molecule has 0 aliphatic heterocycles. The zero-order chi connectivity index (χ0) is 13.1. The first-order valence-electron chi connectivity index (χ1n) is 6.26. The van der Waals surface area contributed by atoms with E-state index in [0.717, 1.165) is 16.8 Å². The highest BCUT2D eigenvalue weighted by molar-refractivity contribution is 5.36. The van der Waals surface area contributed by atoms with Crippen LogP contribution in [0.2, 0.25) is 0 Å². The highest BCUT2D eigenvalue weighted by atomic mass is 16.3. The molecule has 0 saturated heterocycles. The number of hydrogen-bond donors (Lipinski definition) is 1. The molecule has 2 aromatic rings. The average molecular weight is 241 g/mol. The molecule has 2 atom stereocenters. The van der Waals surface area contributed by atoms with Gasteiger partial charge in [-0.25, -0.2) is 0 Å². The molecule has 1 aromatic carbocycles. The summed E-state index contributed by atoms with van der Waals surface area (Å²) in [7, 11) is 0. The molecular formula is C16H19NO. The molecule has 1 heterocycles. The summed E-state index contributed by atoms with van der Waals surface area (Å²) < 4.78 is 0. The minimum absolute atomic E-state index is 0.00769. The Kier molecular flexibility index (Phi) is 3.78. The van der Waals surface area contributed by atoms with Gasteiger partial charge < -0.3 is 5.11 Å². The van der Waals surface area contributed by atoms with Gasteiger partial charge in [-0.3, -0.25) is 4.98 Å². The van der Waals surface area contributed by atoms with Crippen molar-refractivity contribution in [1.29, 1.82) is 0 Å². The predicted octanol–water partition coefficient (Wildman–Crippen LogP) is 3.54. The van der Waals surface area contributed by atoms with E-state index in [1.807, 2.05) is 37.3 Å². The third kappa shape index (κ3) is 2.44. The Morgan fingerprint density at radius 3 is 2.50 bits per heavy atom. The zero-order valence-electron chi connectivity index (χ0n) is 11.1. The number of aliphatic hydroxyl groups excluding tert-OH is 1. The van der Waals surface area contributed by atoms with Crippen LogP contribution in [0.3, 0.4) is 0 Å². The van der Waals surface area contributed by atoms with Gasteiger partial charge in [-0.1, -0.05) is 31.2 Å². The summed E-state index contributed by atoms with van der Waals surface area (Å²) in [5, 5.41) is 10.5. The van der Waals surface area contributed by atoms with E-state index in [9.17, 15) is 5.11 Å². The molecule has 0 saturated carbocycles. The zero-order valence-corrected chi connectivity index (χ0v) is 11.1. The van der Waals surface area contributed by atoms with Crippen LogP contribution in [-0.2, 0) is 0 Å². The van der Waals surface area contributed by atoms with E-state index in [1.165, 1.54) is 5.56 Å². The van der Waals surface area contributed by atoms with Gasteiger partial charge in [-0.2, -0.15) is 0 Å². The quantitative estimate of drug-likeness (QED) is 0.891. The summed E-state index contributed by atoms with van der Waals surface area (Å²) in [6.45, 7) is 6.13. The number of aromatic nitrogens is 1. The van der Waals surface area contributed by atoms with Gasteiger partial charge in [-0.15, -0.1) is 0 Å². The van der Waals surface area contributed by atoms with Crippen molar-refractivity contribution >= 4 is 0 Å². The van der Waals surface area contributed by atoms with Crippen molar-refractivity contribution in [3.63, 3.8) is 0 Å². The van der Waals surface area contributed by atoms with Gasteiger partial charge in [0.05, 0.1) is 6.10 Å². The van der Waals surface area contributed by atoms with E-state index >= 15 is 0 Å². The third-order valence-electron chi connectivity index (χ3n) is 3.59. The van der Waals surface area contributed by atoms with Crippen molar-refractivity contribution in [2.45, 2.75) is 32.8 Å². The number of hydrogen-bond acceptors (Lipinski definition) is 2. The standard InChI is InChI=1S/C16H19NO/c1-11-7-6-8-14(12(11)2)16(18)13(3)15-9-4-5-10-17-15/h4-10,13,16,18H,1-3H3. The van der Waals surface area contributed by atoms with E-state index in [2.05, 4.69) is 24.9 Å². The SMILES string of the molecule is Cc1cccc(C(O)C(C)c2ccccn2)c1C. The van der Waals surface area contributed by atoms with Crippen LogP contribution in [0.5, 0.6) is 0 Å². The molecule has 2 unspecified atom stereocenters. The number of aliphatic hydroxyl groups is 1. The first kappa shape index (κ1) is 12.8. The number of nitrogens with zero attached hydrogens (tertiary/aromatic N) is 1. The monoisotopic (exact) mass is 241 g/mol. The maximum absolute atomic E-state index is 10.5. The summed E-state index contributed by atoms with van der Waals surface area (Å²) in [6, 6.07) is 11.9. The van der Waals surface area contributed by atoms with Gasteiger partial charge in [0, 0.05) is 17.8 Å². The molecule has 1 aromatic heterocycles. The molecule has 0 fully saturated rings. The maximum Gasteiger partial charge on any atom is 0.0873 e. The van der Waals surface area contributed by atoms with Crippen LogP contribution in [0.25, 0.3) is 0 Å². The van der Waals surface area contributed by atoms with Crippen LogP contribution in [0, 0.1) is 13.8 Å². The van der Waals surface area contributed by atoms with Gasteiger partial charge in [-0.05, 0) is 42.7 Å². The predicted molar refractivity (Wildman–Crippen MR) is 73.5 cm³/mol. The van der Waals surface area contributed by atoms with Crippen LogP contribution in [-0.4, -0.2) is 10.1 Å². The van der Waals surface area contributed by atoms with Crippen LogP contribution in [0.15, 0.2) is 42.6 Å². The Labute approximate surface area is 108 Å². The molecule has 2 nitrogen and oxygen atoms in total. The Morgan fingerprint density at radius 2 is 1.83 bits per heavy atom. The Morgan fingerprint density at radius 1 is 1.06 bits per heavy atom. The number of benzene rings is 1. The van der Waals surface area contributed by atoms with Gasteiger partial charge in [0.2, 0.25) is 0 Å². The fourth-order valence-corrected chi connectivity index (χ4v) is 2.17. The smallest absolute Gasteiger partial charge is 0.0873 e. The lowest BCUT2D eigenvalue weighted by Gasteiger charge is -2.21. The second-order valence-corrected chi connectivity index (χ2v) is 4.78. The second-order valence-electron chi connectivity index (χ2n) is 4.78. The van der Waals surface area contributed by atoms with E-state index < -0.39 is 6.10 Å². The van der Waals surface area contributed by atoms with Crippen molar-refractivity contribution in [2.24, 2.45) is 0 Å². The van der Waals surface area contributed by atoms with Crippen LogP contribution < -0.4 is 0 Å². The Hall–Kier alpha value is -1.67. The van der Waals surface area contributed by atoms with E-state index in [-0.39, 0.29) is 5.92 Å². The summed E-state index contributed by atoms with van der Waals surface area (Å²) in [5.41, 5.74) is 4.28. The summed E-state index contributed by atoms with van der Waals surface area (Å²) >= 11 is 0. The lowest BCUT2D eigenvalue weighted by atomic mass is 9.90. The first-order chi connectivity index (χ1) is 8.61. The van der Waals surface area contributed by atoms with Crippen molar-refractivity contribution < 1.29 is 5.11 Å². The highest BCUT2D eigenvalue weighted by Gasteiger charge is 2.20. The summed E-state index contributed by atoms with van der Waals surface area (Å²) in [4.78, 5) is 4.32. The fourth-order valence-electron chi connectivity index (χ4n) is 2.17. The molecule has 1 N–H and O–H groups in total. The minimum atomic E-state index is -0.514. The van der Waals surface area contributed by atoms with Crippen molar-refractivity contribution in [2.75, 3.05) is 0 Å². The molecule has 18 heavy (non-hydrogen) atoms. The van der Waals surface area contributed by atoms with Crippen LogP contribution in [0.4, 0.5) is 0 Å². The van der Waals surface area contributed by atoms with Crippen LogP contribution in [0.1, 0.15) is 41.3 Å². The number of pyridine rings is 1. The molecule has 0 aliphatic carbocycles. The van der Waals surface area contributed by atoms with Crippen LogP contribution >= 0.6 is 0 Å². The lowest BCUT2D eigenvalue weighted by molar-refractivity contribution is 0.149. The Balaban J connectivity index is 2.31. The molecular weight excluding hydrogens is 222 g/mol. The van der Waals surface area contributed by atoms with Crippen molar-refractivity contribution in [3.8, 4) is 0 Å². The van der Waals surface area contributed by atoms with E-state index in [0.29, 0.717) is 0 Å². The van der Waals surface area contributed by atoms with Crippen molar-refractivity contribution in [3.05, 3.63) is 65.0 Å². The van der Waals surface area contributed by atoms with Gasteiger partial charge in [0.15, 0.2) is 0 Å². The van der Waals surface area contributed by atoms with E-state index in [4.69, 9.17) is 0 Å². The third-order valence-corrected chi connectivity index (χ3v) is 3.59. The van der Waals surface area contributed by atoms with Gasteiger partial charge in [0.1, 0.15) is 0 Å². The highest BCUT2D eigenvalue weighted by Crippen LogP contribution is 2.31. The molecule has 94 valence electrons.